The van der Waals surface area contributed by atoms with Gasteiger partial charge in [0.2, 0.25) is 0 Å². The summed E-state index contributed by atoms with van der Waals surface area (Å²) in [6.45, 7) is 1.66. The summed E-state index contributed by atoms with van der Waals surface area (Å²) in [5, 5.41) is 9.96. The minimum Gasteiger partial charge on any atom is -0.441 e. The number of carbonyl (C=O) groups is 1. The highest BCUT2D eigenvalue weighted by molar-refractivity contribution is 9.10. The van der Waals surface area contributed by atoms with Gasteiger partial charge in [-0.1, -0.05) is 17.3 Å². The van der Waals surface area contributed by atoms with Gasteiger partial charge in [-0.2, -0.15) is 0 Å². The van der Waals surface area contributed by atoms with Crippen LogP contribution in [0, 0.1) is 5.82 Å². The topological polar surface area (TPSA) is 69.0 Å². The molecule has 2 aromatic rings. The van der Waals surface area contributed by atoms with Crippen molar-refractivity contribution in [1.82, 2.24) is 15.0 Å². The Hall–Kier alpha value is -1.96. The van der Waals surface area contributed by atoms with Crippen molar-refractivity contribution in [2.45, 2.75) is 13.0 Å². The van der Waals surface area contributed by atoms with E-state index >= 15 is 0 Å². The number of nitrogens with zero attached hydrogens (tertiary/aromatic N) is 3. The van der Waals surface area contributed by atoms with Crippen LogP contribution in [-0.4, -0.2) is 21.1 Å². The first kappa shape index (κ1) is 14.4. The van der Waals surface area contributed by atoms with Crippen LogP contribution in [0.4, 0.5) is 15.0 Å². The van der Waals surface area contributed by atoms with E-state index in [4.69, 9.17) is 4.74 Å². The average molecular weight is 343 g/mol. The molecule has 1 N–H and O–H groups in total. The van der Waals surface area contributed by atoms with Crippen LogP contribution in [0.2, 0.25) is 0 Å². The molecule has 0 spiro atoms. The smallest absolute Gasteiger partial charge is 0.413 e. The molecule has 20 heavy (non-hydrogen) atoms. The Morgan fingerprint density at radius 2 is 2.30 bits per heavy atom. The quantitative estimate of drug-likeness (QED) is 0.930. The van der Waals surface area contributed by atoms with Crippen molar-refractivity contribution in [2.75, 3.05) is 5.32 Å². The number of hydrogen-bond donors (Lipinski definition) is 1. The van der Waals surface area contributed by atoms with Crippen molar-refractivity contribution < 1.29 is 13.9 Å². The first-order valence-electron chi connectivity index (χ1n) is 5.75. The third-order valence-electron chi connectivity index (χ3n) is 2.61. The van der Waals surface area contributed by atoms with E-state index in [1.165, 1.54) is 16.8 Å². The van der Waals surface area contributed by atoms with Crippen molar-refractivity contribution in [1.29, 1.82) is 0 Å². The Labute approximate surface area is 123 Å². The highest BCUT2D eigenvalue weighted by Crippen LogP contribution is 2.21. The second-order valence-electron chi connectivity index (χ2n) is 4.08. The van der Waals surface area contributed by atoms with E-state index in [0.717, 1.165) is 0 Å². The van der Waals surface area contributed by atoms with Gasteiger partial charge in [0.25, 0.3) is 0 Å². The number of aromatic nitrogens is 3. The first-order valence-corrected chi connectivity index (χ1v) is 6.55. The number of benzene rings is 1. The fraction of sp³-hybridized carbons (Fsp3) is 0.250. The minimum atomic E-state index is -0.673. The van der Waals surface area contributed by atoms with Crippen LogP contribution in [0.5, 0.6) is 0 Å². The van der Waals surface area contributed by atoms with E-state index in [1.54, 1.807) is 26.1 Å². The first-order chi connectivity index (χ1) is 9.47. The highest BCUT2D eigenvalue weighted by Gasteiger charge is 2.16. The molecule has 0 saturated carbocycles. The van der Waals surface area contributed by atoms with Gasteiger partial charge in [-0.15, -0.1) is 5.10 Å². The molecular formula is C12H12BrFN4O2. The predicted octanol–water partition coefficient (Wildman–Crippen LogP) is 3.03. The highest BCUT2D eigenvalue weighted by atomic mass is 79.9. The summed E-state index contributed by atoms with van der Waals surface area (Å²) in [4.78, 5) is 11.8. The van der Waals surface area contributed by atoms with E-state index in [-0.39, 0.29) is 5.82 Å². The molecule has 8 heteroatoms. The van der Waals surface area contributed by atoms with E-state index in [0.29, 0.717) is 16.0 Å². The van der Waals surface area contributed by atoms with Gasteiger partial charge < -0.3 is 4.74 Å². The number of aryl methyl sites for hydroxylation is 1. The lowest BCUT2D eigenvalue weighted by Crippen LogP contribution is -2.18. The Kier molecular flexibility index (Phi) is 4.33. The van der Waals surface area contributed by atoms with E-state index in [2.05, 4.69) is 31.6 Å². The SMILES string of the molecule is CC(OC(=O)Nc1c(Br)nnn1C)c1cccc(F)c1. The number of halogens is 2. The summed E-state index contributed by atoms with van der Waals surface area (Å²) < 4.78 is 20.0. The molecule has 0 radical (unpaired) electrons. The van der Waals surface area contributed by atoms with Gasteiger partial charge in [0.1, 0.15) is 11.9 Å². The molecule has 1 amide bonds. The van der Waals surface area contributed by atoms with Crippen LogP contribution in [0.3, 0.4) is 0 Å². The number of anilines is 1. The van der Waals surface area contributed by atoms with Crippen LogP contribution in [0.1, 0.15) is 18.6 Å². The maximum absolute atomic E-state index is 13.1. The van der Waals surface area contributed by atoms with E-state index < -0.39 is 12.2 Å². The second-order valence-corrected chi connectivity index (χ2v) is 4.83. The van der Waals surface area contributed by atoms with Crippen molar-refractivity contribution in [2.24, 2.45) is 7.05 Å². The zero-order chi connectivity index (χ0) is 14.7. The molecule has 1 atom stereocenters. The molecule has 0 fully saturated rings. The molecular weight excluding hydrogens is 331 g/mol. The van der Waals surface area contributed by atoms with Gasteiger partial charge in [0.15, 0.2) is 10.4 Å². The third-order valence-corrected chi connectivity index (χ3v) is 3.14. The summed E-state index contributed by atoms with van der Waals surface area (Å²) in [6.07, 6.45) is -1.25. The molecule has 1 heterocycles. The van der Waals surface area contributed by atoms with Crippen LogP contribution >= 0.6 is 15.9 Å². The molecule has 6 nitrogen and oxygen atoms in total. The number of rotatable bonds is 3. The van der Waals surface area contributed by atoms with Crippen LogP contribution in [0.25, 0.3) is 0 Å². The molecule has 2 rings (SSSR count). The zero-order valence-corrected chi connectivity index (χ0v) is 12.4. The van der Waals surface area contributed by atoms with E-state index in [9.17, 15) is 9.18 Å². The largest absolute Gasteiger partial charge is 0.441 e. The number of amides is 1. The maximum Gasteiger partial charge on any atom is 0.413 e. The minimum absolute atomic E-state index is 0.376. The van der Waals surface area contributed by atoms with Crippen molar-refractivity contribution in [3.63, 3.8) is 0 Å². The van der Waals surface area contributed by atoms with Gasteiger partial charge in [0, 0.05) is 7.05 Å². The molecule has 1 aromatic heterocycles. The summed E-state index contributed by atoms with van der Waals surface area (Å²) in [5.74, 6) is -0.00150. The van der Waals surface area contributed by atoms with Crippen LogP contribution in [-0.2, 0) is 11.8 Å². The predicted molar refractivity (Wildman–Crippen MR) is 73.6 cm³/mol. The summed E-state index contributed by atoms with van der Waals surface area (Å²) in [7, 11) is 1.63. The number of hydrogen-bond acceptors (Lipinski definition) is 4. The Morgan fingerprint density at radius 1 is 1.55 bits per heavy atom. The molecule has 0 aliphatic carbocycles. The molecule has 0 aliphatic heterocycles. The number of nitrogens with one attached hydrogen (secondary N) is 1. The monoisotopic (exact) mass is 342 g/mol. The lowest BCUT2D eigenvalue weighted by Gasteiger charge is -2.14. The molecule has 1 unspecified atom stereocenters. The summed E-state index contributed by atoms with van der Waals surface area (Å²) in [6, 6.07) is 5.89. The molecule has 1 aromatic carbocycles. The standard InChI is InChI=1S/C12H12BrFN4O2/c1-7(8-4-3-5-9(14)6-8)20-12(19)15-11-10(13)16-17-18(11)2/h3-7H,1-2H3,(H,15,19). The summed E-state index contributed by atoms with van der Waals surface area (Å²) >= 11 is 3.15. The van der Waals surface area contributed by atoms with Crippen LogP contribution in [0.15, 0.2) is 28.9 Å². The maximum atomic E-state index is 13.1. The van der Waals surface area contributed by atoms with Crippen LogP contribution < -0.4 is 5.32 Å². The van der Waals surface area contributed by atoms with Gasteiger partial charge in [-0.3, -0.25) is 5.32 Å². The van der Waals surface area contributed by atoms with E-state index in [1.807, 2.05) is 0 Å². The lowest BCUT2D eigenvalue weighted by molar-refractivity contribution is 0.120. The molecule has 0 saturated heterocycles. The van der Waals surface area contributed by atoms with Gasteiger partial charge in [-0.25, -0.2) is 13.9 Å². The molecule has 0 aliphatic rings. The Balaban J connectivity index is 2.01. The average Bonchev–Trinajstić information content (AvgIpc) is 2.70. The normalized spacial score (nSPS) is 12.0. The zero-order valence-electron chi connectivity index (χ0n) is 10.8. The molecule has 106 valence electrons. The second kappa shape index (κ2) is 6.00. The summed E-state index contributed by atoms with van der Waals surface area (Å²) in [5.41, 5.74) is 0.572. The third kappa shape index (κ3) is 3.32. The fourth-order valence-electron chi connectivity index (χ4n) is 1.58. The van der Waals surface area contributed by atoms with Crippen molar-refractivity contribution in [3.05, 3.63) is 40.2 Å². The lowest BCUT2D eigenvalue weighted by atomic mass is 10.1. The van der Waals surface area contributed by atoms with Crippen molar-refractivity contribution in [3.8, 4) is 0 Å². The Bertz CT molecular complexity index is 612. The van der Waals surface area contributed by atoms with Crippen molar-refractivity contribution >= 4 is 27.8 Å². The number of ether oxygens (including phenoxy) is 1. The molecule has 0 bridgehead atoms. The Morgan fingerprint density at radius 3 is 2.90 bits per heavy atom. The number of carbonyl (C=O) groups excluding carboxylic acids is 1. The van der Waals surface area contributed by atoms with Gasteiger partial charge in [-0.05, 0) is 40.5 Å². The van der Waals surface area contributed by atoms with Gasteiger partial charge in [0.05, 0.1) is 0 Å². The van der Waals surface area contributed by atoms with Gasteiger partial charge >= 0.3 is 6.09 Å². The fourth-order valence-corrected chi connectivity index (χ4v) is 2.01.